The van der Waals surface area contributed by atoms with Gasteiger partial charge in [-0.05, 0) is 61.0 Å². The van der Waals surface area contributed by atoms with Crippen molar-refractivity contribution in [2.24, 2.45) is 0 Å². The van der Waals surface area contributed by atoms with E-state index in [2.05, 4.69) is 15.6 Å². The highest BCUT2D eigenvalue weighted by atomic mass is 35.5. The van der Waals surface area contributed by atoms with Crippen LogP contribution < -0.4 is 10.6 Å². The van der Waals surface area contributed by atoms with Crippen LogP contribution in [0.4, 0.5) is 15.8 Å². The Morgan fingerprint density at radius 3 is 2.55 bits per heavy atom. The van der Waals surface area contributed by atoms with Gasteiger partial charge in [0.2, 0.25) is 11.8 Å². The van der Waals surface area contributed by atoms with Gasteiger partial charge in [-0.1, -0.05) is 41.6 Å². The van der Waals surface area contributed by atoms with E-state index in [1.807, 2.05) is 31.2 Å². The molecule has 0 aliphatic heterocycles. The Bertz CT molecular complexity index is 1320. The molecule has 0 saturated heterocycles. The molecule has 0 aliphatic rings. The highest BCUT2D eigenvalue weighted by Crippen LogP contribution is 2.26. The summed E-state index contributed by atoms with van der Waals surface area (Å²) in [6.45, 7) is 1.86. The minimum absolute atomic E-state index is 0.0222. The van der Waals surface area contributed by atoms with E-state index < -0.39 is 0 Å². The average molecular weight is 483 g/mol. The number of carbonyl (C=O) groups excluding carboxylic acids is 2. The number of halogens is 2. The number of nitrogens with zero attached hydrogens (tertiary/aromatic N) is 2. The molecule has 6 nitrogen and oxygen atoms in total. The van der Waals surface area contributed by atoms with Gasteiger partial charge in [0, 0.05) is 16.4 Å². The van der Waals surface area contributed by atoms with Crippen molar-refractivity contribution in [3.05, 3.63) is 83.1 Å². The standard InChI is InChI=1S/C24H20ClFN4O2S/c1-15-18(25)5-4-7-19(15)28-22(31)13-30-21-8-3-2-6-20(21)29-24(30)33-14-23(32)27-17-11-9-16(26)10-12-17/h2-12H,13-14H2,1H3,(H,27,32)(H,28,31). The van der Waals surface area contributed by atoms with Crippen LogP contribution in [-0.4, -0.2) is 27.1 Å². The van der Waals surface area contributed by atoms with E-state index >= 15 is 0 Å². The first-order chi connectivity index (χ1) is 15.9. The monoisotopic (exact) mass is 482 g/mol. The third kappa shape index (κ3) is 5.53. The van der Waals surface area contributed by atoms with E-state index in [1.165, 1.54) is 36.0 Å². The van der Waals surface area contributed by atoms with Crippen molar-refractivity contribution >= 4 is 57.6 Å². The fourth-order valence-corrected chi connectivity index (χ4v) is 4.24. The quantitative estimate of drug-likeness (QED) is 0.341. The molecule has 0 bridgehead atoms. The number of fused-ring (bicyclic) bond motifs is 1. The summed E-state index contributed by atoms with van der Waals surface area (Å²) in [7, 11) is 0. The van der Waals surface area contributed by atoms with Crippen molar-refractivity contribution in [1.82, 2.24) is 9.55 Å². The SMILES string of the molecule is Cc1c(Cl)cccc1NC(=O)Cn1c(SCC(=O)Nc2ccc(F)cc2)nc2ccccc21. The summed E-state index contributed by atoms with van der Waals surface area (Å²) in [6, 6.07) is 18.4. The molecule has 2 amide bonds. The van der Waals surface area contributed by atoms with E-state index in [9.17, 15) is 14.0 Å². The minimum atomic E-state index is -0.373. The van der Waals surface area contributed by atoms with Gasteiger partial charge in [-0.15, -0.1) is 0 Å². The molecule has 0 radical (unpaired) electrons. The van der Waals surface area contributed by atoms with Gasteiger partial charge in [0.05, 0.1) is 16.8 Å². The molecule has 0 aliphatic carbocycles. The molecule has 168 valence electrons. The molecule has 0 unspecified atom stereocenters. The summed E-state index contributed by atoms with van der Waals surface area (Å²) in [5.74, 6) is -0.789. The molecule has 1 aromatic heterocycles. The number of rotatable bonds is 7. The average Bonchev–Trinajstić information content (AvgIpc) is 3.14. The van der Waals surface area contributed by atoms with Gasteiger partial charge >= 0.3 is 0 Å². The number of hydrogen-bond acceptors (Lipinski definition) is 4. The number of hydrogen-bond donors (Lipinski definition) is 2. The number of amides is 2. The first-order valence-electron chi connectivity index (χ1n) is 10.1. The maximum absolute atomic E-state index is 13.1. The van der Waals surface area contributed by atoms with E-state index in [1.54, 1.807) is 22.8 Å². The first kappa shape index (κ1) is 22.8. The molecule has 33 heavy (non-hydrogen) atoms. The number of aromatic nitrogens is 2. The Morgan fingerprint density at radius 1 is 1.00 bits per heavy atom. The van der Waals surface area contributed by atoms with E-state index in [0.717, 1.165) is 16.6 Å². The maximum atomic E-state index is 13.1. The van der Waals surface area contributed by atoms with Crippen LogP contribution in [0.3, 0.4) is 0 Å². The lowest BCUT2D eigenvalue weighted by Gasteiger charge is -2.12. The summed E-state index contributed by atoms with van der Waals surface area (Å²) >= 11 is 7.38. The predicted octanol–water partition coefficient (Wildman–Crippen LogP) is 5.51. The number of nitrogens with one attached hydrogen (secondary N) is 2. The lowest BCUT2D eigenvalue weighted by Crippen LogP contribution is -2.20. The molecule has 3 aromatic carbocycles. The van der Waals surface area contributed by atoms with Crippen molar-refractivity contribution < 1.29 is 14.0 Å². The Hall–Kier alpha value is -3.36. The minimum Gasteiger partial charge on any atom is -0.325 e. The van der Waals surface area contributed by atoms with Gasteiger partial charge in [0.1, 0.15) is 12.4 Å². The second-order valence-electron chi connectivity index (χ2n) is 7.27. The van der Waals surface area contributed by atoms with Crippen LogP contribution in [0.15, 0.2) is 71.9 Å². The molecule has 0 saturated carbocycles. The van der Waals surface area contributed by atoms with Crippen molar-refractivity contribution in [2.45, 2.75) is 18.6 Å². The summed E-state index contributed by atoms with van der Waals surface area (Å²) < 4.78 is 14.8. The molecule has 0 spiro atoms. The zero-order chi connectivity index (χ0) is 23.4. The number of thioether (sulfide) groups is 1. The summed E-state index contributed by atoms with van der Waals surface area (Å²) in [4.78, 5) is 29.8. The molecule has 0 fully saturated rings. The van der Waals surface area contributed by atoms with Gasteiger partial charge in [0.25, 0.3) is 0 Å². The summed E-state index contributed by atoms with van der Waals surface area (Å²) in [6.07, 6.45) is 0. The molecular formula is C24H20ClFN4O2S. The Kier molecular flexibility index (Phi) is 6.96. The Balaban J connectivity index is 1.49. The lowest BCUT2D eigenvalue weighted by atomic mass is 10.2. The molecule has 2 N–H and O–H groups in total. The molecule has 9 heteroatoms. The number of para-hydroxylation sites is 2. The topological polar surface area (TPSA) is 76.0 Å². The van der Waals surface area contributed by atoms with Crippen molar-refractivity contribution in [2.75, 3.05) is 16.4 Å². The van der Waals surface area contributed by atoms with Crippen molar-refractivity contribution in [1.29, 1.82) is 0 Å². The van der Waals surface area contributed by atoms with Crippen LogP contribution in [0, 0.1) is 12.7 Å². The summed E-state index contributed by atoms with van der Waals surface area (Å²) in [5, 5.41) is 6.73. The molecule has 4 rings (SSSR count). The van der Waals surface area contributed by atoms with E-state index in [4.69, 9.17) is 11.6 Å². The molecule has 0 atom stereocenters. The summed E-state index contributed by atoms with van der Waals surface area (Å²) in [5.41, 5.74) is 3.45. The number of benzene rings is 3. The fourth-order valence-electron chi connectivity index (χ4n) is 3.25. The zero-order valence-electron chi connectivity index (χ0n) is 17.6. The Labute approximate surface area is 199 Å². The van der Waals surface area contributed by atoms with E-state index in [-0.39, 0.29) is 29.9 Å². The third-order valence-electron chi connectivity index (χ3n) is 4.92. The second-order valence-corrected chi connectivity index (χ2v) is 8.62. The number of imidazole rings is 1. The van der Waals surface area contributed by atoms with Gasteiger partial charge < -0.3 is 15.2 Å². The van der Waals surface area contributed by atoms with Crippen LogP contribution in [-0.2, 0) is 16.1 Å². The van der Waals surface area contributed by atoms with Gasteiger partial charge in [0.15, 0.2) is 5.16 Å². The van der Waals surface area contributed by atoms with Gasteiger partial charge in [-0.2, -0.15) is 0 Å². The second kappa shape index (κ2) is 10.1. The van der Waals surface area contributed by atoms with E-state index in [0.29, 0.717) is 21.6 Å². The number of carbonyl (C=O) groups is 2. The zero-order valence-corrected chi connectivity index (χ0v) is 19.2. The van der Waals surface area contributed by atoms with Crippen LogP contribution in [0.5, 0.6) is 0 Å². The van der Waals surface area contributed by atoms with Gasteiger partial charge in [-0.25, -0.2) is 9.37 Å². The smallest absolute Gasteiger partial charge is 0.244 e. The lowest BCUT2D eigenvalue weighted by molar-refractivity contribution is -0.117. The fraction of sp³-hybridized carbons (Fsp3) is 0.125. The normalized spacial score (nSPS) is 10.9. The van der Waals surface area contributed by atoms with Crippen LogP contribution in [0.25, 0.3) is 11.0 Å². The van der Waals surface area contributed by atoms with Crippen LogP contribution in [0.1, 0.15) is 5.56 Å². The van der Waals surface area contributed by atoms with Crippen molar-refractivity contribution in [3.63, 3.8) is 0 Å². The van der Waals surface area contributed by atoms with Crippen molar-refractivity contribution in [3.8, 4) is 0 Å². The molecule has 4 aromatic rings. The van der Waals surface area contributed by atoms with Crippen LogP contribution >= 0.6 is 23.4 Å². The molecule has 1 heterocycles. The predicted molar refractivity (Wildman–Crippen MR) is 130 cm³/mol. The molecular weight excluding hydrogens is 463 g/mol. The van der Waals surface area contributed by atoms with Gasteiger partial charge in [-0.3, -0.25) is 9.59 Å². The third-order valence-corrected chi connectivity index (χ3v) is 6.31. The highest BCUT2D eigenvalue weighted by Gasteiger charge is 2.16. The number of anilines is 2. The van der Waals surface area contributed by atoms with Crippen LogP contribution in [0.2, 0.25) is 5.02 Å². The maximum Gasteiger partial charge on any atom is 0.244 e. The first-order valence-corrected chi connectivity index (χ1v) is 11.5. The largest absolute Gasteiger partial charge is 0.325 e. The highest BCUT2D eigenvalue weighted by molar-refractivity contribution is 7.99. The Morgan fingerprint density at radius 2 is 1.76 bits per heavy atom.